The predicted octanol–water partition coefficient (Wildman–Crippen LogP) is 4.55. The van der Waals surface area contributed by atoms with Crippen molar-refractivity contribution < 1.29 is 4.79 Å². The zero-order chi connectivity index (χ0) is 13.7. The Balaban J connectivity index is 1.90. The van der Waals surface area contributed by atoms with E-state index in [9.17, 15) is 4.79 Å². The Bertz CT molecular complexity index is 580. The van der Waals surface area contributed by atoms with Gasteiger partial charge in [-0.15, -0.1) is 11.8 Å². The molecule has 0 aliphatic heterocycles. The Morgan fingerprint density at radius 1 is 1.16 bits per heavy atom. The summed E-state index contributed by atoms with van der Waals surface area (Å²) in [7, 11) is 0. The highest BCUT2D eigenvalue weighted by Crippen LogP contribution is 2.21. The van der Waals surface area contributed by atoms with Crippen molar-refractivity contribution in [2.24, 2.45) is 0 Å². The van der Waals surface area contributed by atoms with Gasteiger partial charge in [0.1, 0.15) is 5.78 Å². The second-order valence-corrected chi connectivity index (χ2v) is 5.87. The van der Waals surface area contributed by atoms with E-state index in [-0.39, 0.29) is 5.78 Å². The molecule has 0 aromatic heterocycles. The van der Waals surface area contributed by atoms with E-state index in [4.69, 9.17) is 11.6 Å². The molecule has 0 N–H and O–H groups in total. The SMILES string of the molecule is Cc1cccc(SCC(=O)Cc2ccccc2Cl)c1. The lowest BCUT2D eigenvalue weighted by molar-refractivity contribution is -0.116. The summed E-state index contributed by atoms with van der Waals surface area (Å²) in [4.78, 5) is 13.1. The largest absolute Gasteiger partial charge is 0.298 e. The number of carbonyl (C=O) groups is 1. The van der Waals surface area contributed by atoms with Crippen molar-refractivity contribution in [3.05, 3.63) is 64.7 Å². The average Bonchev–Trinajstić information content (AvgIpc) is 2.39. The molecule has 0 heterocycles. The fourth-order valence-corrected chi connectivity index (χ4v) is 2.85. The molecule has 0 amide bonds. The van der Waals surface area contributed by atoms with Gasteiger partial charge in [-0.2, -0.15) is 0 Å². The van der Waals surface area contributed by atoms with Gasteiger partial charge >= 0.3 is 0 Å². The van der Waals surface area contributed by atoms with Crippen LogP contribution in [0.15, 0.2) is 53.4 Å². The first kappa shape index (κ1) is 14.2. The number of ketones is 1. The van der Waals surface area contributed by atoms with Crippen LogP contribution in [-0.2, 0) is 11.2 Å². The van der Waals surface area contributed by atoms with E-state index in [0.29, 0.717) is 17.2 Å². The first-order valence-corrected chi connectivity index (χ1v) is 7.46. The van der Waals surface area contributed by atoms with E-state index >= 15 is 0 Å². The molecule has 0 spiro atoms. The molecule has 0 fully saturated rings. The molecule has 98 valence electrons. The maximum absolute atomic E-state index is 11.9. The highest BCUT2D eigenvalue weighted by molar-refractivity contribution is 8.00. The van der Waals surface area contributed by atoms with Crippen molar-refractivity contribution in [1.29, 1.82) is 0 Å². The first-order chi connectivity index (χ1) is 9.15. The number of rotatable bonds is 5. The van der Waals surface area contributed by atoms with Gasteiger partial charge in [0.05, 0.1) is 5.75 Å². The van der Waals surface area contributed by atoms with E-state index in [1.807, 2.05) is 36.4 Å². The van der Waals surface area contributed by atoms with E-state index < -0.39 is 0 Å². The molecule has 0 bridgehead atoms. The molecule has 2 aromatic rings. The fraction of sp³-hybridized carbons (Fsp3) is 0.188. The van der Waals surface area contributed by atoms with Crippen LogP contribution >= 0.6 is 23.4 Å². The monoisotopic (exact) mass is 290 g/mol. The van der Waals surface area contributed by atoms with Crippen molar-refractivity contribution in [1.82, 2.24) is 0 Å². The molecule has 0 radical (unpaired) electrons. The second-order valence-electron chi connectivity index (χ2n) is 4.41. The number of hydrogen-bond acceptors (Lipinski definition) is 2. The maximum atomic E-state index is 11.9. The number of carbonyl (C=O) groups excluding carboxylic acids is 1. The van der Waals surface area contributed by atoms with E-state index in [0.717, 1.165) is 10.5 Å². The lowest BCUT2D eigenvalue weighted by Gasteiger charge is -2.04. The highest BCUT2D eigenvalue weighted by Gasteiger charge is 2.07. The van der Waals surface area contributed by atoms with Crippen molar-refractivity contribution in [3.63, 3.8) is 0 Å². The number of Topliss-reactive ketones (excluding diaryl/α,β-unsaturated/α-hetero) is 1. The summed E-state index contributed by atoms with van der Waals surface area (Å²) in [6.45, 7) is 2.05. The molecule has 0 saturated heterocycles. The van der Waals surface area contributed by atoms with Gasteiger partial charge in [0.15, 0.2) is 0 Å². The summed E-state index contributed by atoms with van der Waals surface area (Å²) in [6, 6.07) is 15.7. The van der Waals surface area contributed by atoms with Crippen LogP contribution in [0.2, 0.25) is 5.02 Å². The average molecular weight is 291 g/mol. The molecule has 0 atom stereocenters. The smallest absolute Gasteiger partial charge is 0.147 e. The van der Waals surface area contributed by atoms with Gasteiger partial charge in [0, 0.05) is 16.3 Å². The normalized spacial score (nSPS) is 10.4. The van der Waals surface area contributed by atoms with Gasteiger partial charge < -0.3 is 0 Å². The Morgan fingerprint density at radius 3 is 2.68 bits per heavy atom. The van der Waals surface area contributed by atoms with Crippen LogP contribution in [0.5, 0.6) is 0 Å². The van der Waals surface area contributed by atoms with Gasteiger partial charge in [-0.1, -0.05) is 47.5 Å². The third kappa shape index (κ3) is 4.41. The van der Waals surface area contributed by atoms with Crippen molar-refractivity contribution in [2.75, 3.05) is 5.75 Å². The van der Waals surface area contributed by atoms with E-state index in [1.165, 1.54) is 5.56 Å². The minimum Gasteiger partial charge on any atom is -0.298 e. The summed E-state index contributed by atoms with van der Waals surface area (Å²) < 4.78 is 0. The van der Waals surface area contributed by atoms with Crippen LogP contribution < -0.4 is 0 Å². The summed E-state index contributed by atoms with van der Waals surface area (Å²) in [6.07, 6.45) is 0.401. The Hall–Kier alpha value is -1.25. The molecule has 2 aromatic carbocycles. The fourth-order valence-electron chi connectivity index (χ4n) is 1.77. The van der Waals surface area contributed by atoms with Crippen molar-refractivity contribution >= 4 is 29.1 Å². The summed E-state index contributed by atoms with van der Waals surface area (Å²) >= 11 is 7.62. The van der Waals surface area contributed by atoms with Crippen molar-refractivity contribution in [3.8, 4) is 0 Å². The molecule has 0 aliphatic rings. The minimum atomic E-state index is 0.194. The molecule has 19 heavy (non-hydrogen) atoms. The van der Waals surface area contributed by atoms with Crippen molar-refractivity contribution in [2.45, 2.75) is 18.2 Å². The van der Waals surface area contributed by atoms with Gasteiger partial charge in [-0.3, -0.25) is 4.79 Å². The lowest BCUT2D eigenvalue weighted by atomic mass is 10.1. The number of halogens is 1. The van der Waals surface area contributed by atoms with Gasteiger partial charge in [-0.25, -0.2) is 0 Å². The maximum Gasteiger partial charge on any atom is 0.147 e. The molecule has 0 unspecified atom stereocenters. The Kier molecular flexibility index (Phi) is 5.06. The van der Waals surface area contributed by atoms with E-state index in [1.54, 1.807) is 11.8 Å². The number of thioether (sulfide) groups is 1. The zero-order valence-corrected chi connectivity index (χ0v) is 12.3. The first-order valence-electron chi connectivity index (χ1n) is 6.10. The second kappa shape index (κ2) is 6.78. The topological polar surface area (TPSA) is 17.1 Å². The minimum absolute atomic E-state index is 0.194. The Morgan fingerprint density at radius 2 is 1.95 bits per heavy atom. The zero-order valence-electron chi connectivity index (χ0n) is 10.7. The van der Waals surface area contributed by atoms with Crippen LogP contribution in [-0.4, -0.2) is 11.5 Å². The predicted molar refractivity (Wildman–Crippen MR) is 82.1 cm³/mol. The van der Waals surface area contributed by atoms with Crippen LogP contribution in [0.3, 0.4) is 0 Å². The molecule has 2 rings (SSSR count). The van der Waals surface area contributed by atoms with Crippen LogP contribution in [0, 0.1) is 6.92 Å². The van der Waals surface area contributed by atoms with Crippen LogP contribution in [0.1, 0.15) is 11.1 Å². The lowest BCUT2D eigenvalue weighted by Crippen LogP contribution is -2.06. The molecule has 1 nitrogen and oxygen atoms in total. The number of aryl methyl sites for hydroxylation is 1. The summed E-state index contributed by atoms with van der Waals surface area (Å²) in [5.74, 6) is 0.675. The third-order valence-corrected chi connectivity index (χ3v) is 4.16. The summed E-state index contributed by atoms with van der Waals surface area (Å²) in [5, 5.41) is 0.663. The van der Waals surface area contributed by atoms with E-state index in [2.05, 4.69) is 19.1 Å². The molecule has 0 saturated carbocycles. The van der Waals surface area contributed by atoms with Gasteiger partial charge in [-0.05, 0) is 30.7 Å². The van der Waals surface area contributed by atoms with Gasteiger partial charge in [0.25, 0.3) is 0 Å². The molecule has 3 heteroatoms. The highest BCUT2D eigenvalue weighted by atomic mass is 35.5. The van der Waals surface area contributed by atoms with Crippen LogP contribution in [0.4, 0.5) is 0 Å². The van der Waals surface area contributed by atoms with Gasteiger partial charge in [0.2, 0.25) is 0 Å². The molecular weight excluding hydrogens is 276 g/mol. The number of benzene rings is 2. The Labute approximate surface area is 123 Å². The quantitative estimate of drug-likeness (QED) is 0.751. The molecule has 0 aliphatic carbocycles. The summed E-state index contributed by atoms with van der Waals surface area (Å²) in [5.41, 5.74) is 2.11. The number of hydrogen-bond donors (Lipinski definition) is 0. The molecular formula is C16H15ClOS. The third-order valence-electron chi connectivity index (χ3n) is 2.73. The van der Waals surface area contributed by atoms with Crippen LogP contribution in [0.25, 0.3) is 0 Å². The standard InChI is InChI=1S/C16H15ClOS/c1-12-5-4-7-15(9-12)19-11-14(18)10-13-6-2-3-8-16(13)17/h2-9H,10-11H2,1H3.